The zero-order chi connectivity index (χ0) is 23.8. The van der Waals surface area contributed by atoms with Gasteiger partial charge in [0.05, 0.1) is 11.6 Å². The SMILES string of the molecule is CC1=C(c2nc(-c3ccc(Cl)cc3)no2)C(c2ccc(F)cc2)NC(=S)N1c1cccc(C)c1. The highest BCUT2D eigenvalue weighted by Crippen LogP contribution is 2.39. The number of hydrogen-bond acceptors (Lipinski definition) is 4. The number of rotatable bonds is 4. The molecule has 1 aromatic heterocycles. The Morgan fingerprint density at radius 2 is 1.76 bits per heavy atom. The third-order valence-corrected chi connectivity index (χ3v) is 6.26. The molecule has 0 spiro atoms. The van der Waals surface area contributed by atoms with Gasteiger partial charge in [-0.25, -0.2) is 4.39 Å². The Labute approximate surface area is 206 Å². The highest BCUT2D eigenvalue weighted by atomic mass is 35.5. The Morgan fingerprint density at radius 3 is 2.47 bits per heavy atom. The predicted molar refractivity (Wildman–Crippen MR) is 136 cm³/mol. The standard InChI is InChI=1S/C26H20ClFN4OS/c1-15-4-3-5-21(14-15)32-16(2)22(23(29-26(32)34)17-8-12-20(28)13-9-17)25-30-24(31-33-25)18-6-10-19(27)11-7-18/h3-14,23H,1-2H3,(H,29,34). The number of thiocarbonyl (C=S) groups is 1. The van der Waals surface area contributed by atoms with Gasteiger partial charge in [-0.15, -0.1) is 0 Å². The van der Waals surface area contributed by atoms with Crippen molar-refractivity contribution in [1.82, 2.24) is 15.5 Å². The van der Waals surface area contributed by atoms with Crippen molar-refractivity contribution in [3.63, 3.8) is 0 Å². The third kappa shape index (κ3) is 4.20. The average molecular weight is 491 g/mol. The lowest BCUT2D eigenvalue weighted by Gasteiger charge is -2.37. The largest absolute Gasteiger partial charge is 0.351 e. The Morgan fingerprint density at radius 1 is 1.03 bits per heavy atom. The number of hydrogen-bond donors (Lipinski definition) is 1. The van der Waals surface area contributed by atoms with Crippen molar-refractivity contribution >= 4 is 40.2 Å². The van der Waals surface area contributed by atoms with Crippen LogP contribution in [0.4, 0.5) is 10.1 Å². The van der Waals surface area contributed by atoms with E-state index in [0.717, 1.165) is 33.6 Å². The van der Waals surface area contributed by atoms with Crippen LogP contribution in [0.3, 0.4) is 0 Å². The van der Waals surface area contributed by atoms with Gasteiger partial charge in [0.1, 0.15) is 5.82 Å². The fraction of sp³-hybridized carbons (Fsp3) is 0.115. The van der Waals surface area contributed by atoms with Crippen LogP contribution < -0.4 is 10.2 Å². The molecule has 5 rings (SSSR count). The van der Waals surface area contributed by atoms with Crippen LogP contribution in [0.1, 0.15) is 30.0 Å². The number of anilines is 1. The monoisotopic (exact) mass is 490 g/mol. The topological polar surface area (TPSA) is 54.2 Å². The van der Waals surface area contributed by atoms with Crippen molar-refractivity contribution in [3.8, 4) is 11.4 Å². The first-order valence-electron chi connectivity index (χ1n) is 10.6. The summed E-state index contributed by atoms with van der Waals surface area (Å²) in [7, 11) is 0. The van der Waals surface area contributed by atoms with Gasteiger partial charge in [0.15, 0.2) is 5.11 Å². The summed E-state index contributed by atoms with van der Waals surface area (Å²) < 4.78 is 19.4. The highest BCUT2D eigenvalue weighted by Gasteiger charge is 2.34. The minimum atomic E-state index is -0.396. The zero-order valence-electron chi connectivity index (χ0n) is 18.4. The molecule has 1 N–H and O–H groups in total. The number of halogens is 2. The first-order valence-corrected chi connectivity index (χ1v) is 11.4. The van der Waals surface area contributed by atoms with Gasteiger partial charge >= 0.3 is 0 Å². The second kappa shape index (κ2) is 9.00. The van der Waals surface area contributed by atoms with Gasteiger partial charge in [-0.3, -0.25) is 4.90 Å². The molecule has 0 saturated heterocycles. The molecule has 0 amide bonds. The van der Waals surface area contributed by atoms with E-state index >= 15 is 0 Å². The lowest BCUT2D eigenvalue weighted by molar-refractivity contribution is 0.404. The van der Waals surface area contributed by atoms with Crippen LogP contribution in [-0.2, 0) is 0 Å². The van der Waals surface area contributed by atoms with Gasteiger partial charge in [-0.05, 0) is 85.7 Å². The Balaban J connectivity index is 1.65. The Hall–Kier alpha value is -3.55. The van der Waals surface area contributed by atoms with Crippen molar-refractivity contribution in [2.75, 3.05) is 4.90 Å². The fourth-order valence-electron chi connectivity index (χ4n) is 4.05. The van der Waals surface area contributed by atoms with Crippen LogP contribution in [0.25, 0.3) is 17.0 Å². The average Bonchev–Trinajstić information content (AvgIpc) is 3.29. The molecule has 0 bridgehead atoms. The second-order valence-electron chi connectivity index (χ2n) is 8.04. The van der Waals surface area contributed by atoms with Crippen molar-refractivity contribution in [1.29, 1.82) is 0 Å². The van der Waals surface area contributed by atoms with E-state index in [0.29, 0.717) is 21.9 Å². The molecule has 0 saturated carbocycles. The molecular formula is C26H20ClFN4OS. The van der Waals surface area contributed by atoms with E-state index in [1.165, 1.54) is 12.1 Å². The van der Waals surface area contributed by atoms with E-state index in [4.69, 9.17) is 28.3 Å². The van der Waals surface area contributed by atoms with Gasteiger partial charge in [-0.2, -0.15) is 4.98 Å². The molecule has 3 aromatic carbocycles. The number of benzene rings is 3. The lowest BCUT2D eigenvalue weighted by atomic mass is 9.94. The van der Waals surface area contributed by atoms with Crippen LogP contribution in [0.15, 0.2) is 83.0 Å². The normalized spacial score (nSPS) is 16.1. The number of aryl methyl sites for hydroxylation is 1. The molecule has 5 nitrogen and oxygen atoms in total. The Kier molecular flexibility index (Phi) is 5.89. The summed E-state index contributed by atoms with van der Waals surface area (Å²) in [5.41, 5.74) is 5.24. The van der Waals surface area contributed by atoms with E-state index < -0.39 is 6.04 Å². The molecule has 8 heteroatoms. The van der Waals surface area contributed by atoms with E-state index in [1.54, 1.807) is 24.3 Å². The van der Waals surface area contributed by atoms with Crippen molar-refractivity contribution in [2.24, 2.45) is 0 Å². The smallest absolute Gasteiger partial charge is 0.258 e. The van der Waals surface area contributed by atoms with Crippen molar-refractivity contribution in [2.45, 2.75) is 19.9 Å². The van der Waals surface area contributed by atoms with Gasteiger partial charge in [0.2, 0.25) is 5.82 Å². The minimum absolute atomic E-state index is 0.311. The molecule has 1 aliphatic rings. The molecule has 170 valence electrons. The first-order chi connectivity index (χ1) is 16.4. The predicted octanol–water partition coefficient (Wildman–Crippen LogP) is 6.70. The van der Waals surface area contributed by atoms with E-state index in [2.05, 4.69) is 21.5 Å². The summed E-state index contributed by atoms with van der Waals surface area (Å²) in [4.78, 5) is 6.63. The van der Waals surface area contributed by atoms with Gasteiger partial charge < -0.3 is 9.84 Å². The summed E-state index contributed by atoms with van der Waals surface area (Å²) >= 11 is 11.8. The molecule has 1 unspecified atom stereocenters. The van der Waals surface area contributed by atoms with Crippen LogP contribution in [0, 0.1) is 12.7 Å². The molecule has 34 heavy (non-hydrogen) atoms. The van der Waals surface area contributed by atoms with Gasteiger partial charge in [-0.1, -0.05) is 41.0 Å². The zero-order valence-corrected chi connectivity index (χ0v) is 20.0. The van der Waals surface area contributed by atoms with Gasteiger partial charge in [0.25, 0.3) is 5.89 Å². The maximum Gasteiger partial charge on any atom is 0.258 e. The minimum Gasteiger partial charge on any atom is -0.351 e. The van der Waals surface area contributed by atoms with Crippen LogP contribution in [0.5, 0.6) is 0 Å². The van der Waals surface area contributed by atoms with Crippen molar-refractivity contribution < 1.29 is 8.91 Å². The third-order valence-electron chi connectivity index (χ3n) is 5.71. The number of nitrogens with one attached hydrogen (secondary N) is 1. The lowest BCUT2D eigenvalue weighted by Crippen LogP contribution is -2.46. The number of nitrogens with zero attached hydrogens (tertiary/aromatic N) is 3. The van der Waals surface area contributed by atoms with E-state index in [-0.39, 0.29) is 5.82 Å². The molecular weight excluding hydrogens is 471 g/mol. The molecule has 1 aliphatic heterocycles. The molecule has 0 fully saturated rings. The molecule has 4 aromatic rings. The summed E-state index contributed by atoms with van der Waals surface area (Å²) in [6, 6.07) is 21.2. The highest BCUT2D eigenvalue weighted by molar-refractivity contribution is 7.80. The van der Waals surface area contributed by atoms with Crippen molar-refractivity contribution in [3.05, 3.63) is 106 Å². The second-order valence-corrected chi connectivity index (χ2v) is 8.86. The quantitative estimate of drug-likeness (QED) is 0.321. The number of allylic oxidation sites excluding steroid dienone is 1. The maximum absolute atomic E-state index is 13.7. The fourth-order valence-corrected chi connectivity index (χ4v) is 4.54. The summed E-state index contributed by atoms with van der Waals surface area (Å²) in [5.74, 6) is 0.484. The molecule has 0 radical (unpaired) electrons. The van der Waals surface area contributed by atoms with Crippen LogP contribution >= 0.6 is 23.8 Å². The van der Waals surface area contributed by atoms with Gasteiger partial charge in [0, 0.05) is 22.0 Å². The summed E-state index contributed by atoms with van der Waals surface area (Å²) in [6.07, 6.45) is 0. The summed E-state index contributed by atoms with van der Waals surface area (Å²) in [6.45, 7) is 4.00. The molecule has 1 atom stereocenters. The Bertz CT molecular complexity index is 1400. The number of aromatic nitrogens is 2. The summed E-state index contributed by atoms with van der Waals surface area (Å²) in [5, 5.41) is 8.74. The first kappa shape index (κ1) is 22.3. The molecule has 2 heterocycles. The van der Waals surface area contributed by atoms with E-state index in [1.807, 2.05) is 49.1 Å². The van der Waals surface area contributed by atoms with Crippen LogP contribution in [0.2, 0.25) is 5.02 Å². The van der Waals surface area contributed by atoms with Crippen LogP contribution in [-0.4, -0.2) is 15.3 Å². The maximum atomic E-state index is 13.7. The molecule has 0 aliphatic carbocycles. The van der Waals surface area contributed by atoms with E-state index in [9.17, 15) is 4.39 Å².